The van der Waals surface area contributed by atoms with Crippen molar-refractivity contribution in [3.63, 3.8) is 0 Å². The molecular weight excluding hydrogens is 486 g/mol. The number of aryl methyl sites for hydroxylation is 1. The van der Waals surface area contributed by atoms with Crippen LogP contribution in [0.1, 0.15) is 58.6 Å². The summed E-state index contributed by atoms with van der Waals surface area (Å²) in [5.41, 5.74) is 1.30. The molecule has 0 radical (unpaired) electrons. The van der Waals surface area contributed by atoms with E-state index in [1.807, 2.05) is 43.9 Å². The molecule has 1 aromatic rings. The summed E-state index contributed by atoms with van der Waals surface area (Å²) in [5, 5.41) is 13.3. The predicted molar refractivity (Wildman–Crippen MR) is 138 cm³/mol. The van der Waals surface area contributed by atoms with Gasteiger partial charge in [-0.2, -0.15) is 0 Å². The van der Waals surface area contributed by atoms with E-state index in [1.54, 1.807) is 27.1 Å². The summed E-state index contributed by atoms with van der Waals surface area (Å²) in [7, 11) is 0. The van der Waals surface area contributed by atoms with Gasteiger partial charge in [-0.3, -0.25) is 24.7 Å². The summed E-state index contributed by atoms with van der Waals surface area (Å²) in [6, 6.07) is 3.75. The summed E-state index contributed by atoms with van der Waals surface area (Å²) >= 11 is 6.21. The van der Waals surface area contributed by atoms with Crippen LogP contribution in [0.4, 0.5) is 0 Å². The van der Waals surface area contributed by atoms with Crippen molar-refractivity contribution in [3.05, 3.63) is 34.3 Å². The molecule has 3 unspecified atom stereocenters. The number of nitrogens with zero attached hydrogens (tertiary/aromatic N) is 2. The fourth-order valence-corrected chi connectivity index (χ4v) is 4.20. The van der Waals surface area contributed by atoms with Gasteiger partial charge in [0.2, 0.25) is 6.79 Å². The topological polar surface area (TPSA) is 118 Å². The van der Waals surface area contributed by atoms with E-state index in [0.717, 1.165) is 11.1 Å². The molecule has 0 fully saturated rings. The molecule has 0 aromatic heterocycles. The van der Waals surface area contributed by atoms with Crippen LogP contribution in [0.25, 0.3) is 0 Å². The normalized spacial score (nSPS) is 17.2. The van der Waals surface area contributed by atoms with Crippen LogP contribution < -0.4 is 5.32 Å². The fraction of sp³-hybridized carbons (Fsp3) is 0.615. The first kappa shape index (κ1) is 29.6. The number of carboxylic acids is 1. The van der Waals surface area contributed by atoms with Crippen molar-refractivity contribution in [1.82, 2.24) is 10.2 Å². The predicted octanol–water partition coefficient (Wildman–Crippen LogP) is 3.80. The largest absolute Gasteiger partial charge is 0.480 e. The Hall–Kier alpha value is -2.65. The van der Waals surface area contributed by atoms with Crippen molar-refractivity contribution in [2.24, 2.45) is 16.3 Å². The Balaban J connectivity index is 2.14. The van der Waals surface area contributed by atoms with Gasteiger partial charge in [0.25, 0.3) is 0 Å². The molecule has 2 rings (SSSR count). The van der Waals surface area contributed by atoms with Crippen LogP contribution in [0.2, 0.25) is 5.02 Å². The van der Waals surface area contributed by atoms with E-state index < -0.39 is 42.2 Å². The lowest BCUT2D eigenvalue weighted by Crippen LogP contribution is -2.51. The number of carbonyl (C=O) groups is 3. The highest BCUT2D eigenvalue weighted by atomic mass is 35.5. The van der Waals surface area contributed by atoms with E-state index in [9.17, 15) is 19.5 Å². The van der Waals surface area contributed by atoms with Gasteiger partial charge in [0, 0.05) is 11.6 Å². The van der Waals surface area contributed by atoms with E-state index in [-0.39, 0.29) is 18.4 Å². The van der Waals surface area contributed by atoms with Crippen LogP contribution in [0.5, 0.6) is 0 Å². The van der Waals surface area contributed by atoms with E-state index in [4.69, 9.17) is 21.1 Å². The quantitative estimate of drug-likeness (QED) is 0.314. The average Bonchev–Trinajstić information content (AvgIpc) is 3.17. The zero-order valence-electron chi connectivity index (χ0n) is 21.9. The Bertz CT molecular complexity index is 939. The van der Waals surface area contributed by atoms with Gasteiger partial charge < -0.3 is 19.5 Å². The van der Waals surface area contributed by atoms with Crippen molar-refractivity contribution < 1.29 is 29.0 Å². The Morgan fingerprint density at radius 3 is 2.47 bits per heavy atom. The number of nitrogens with one attached hydrogen (secondary N) is 1. The zero-order valence-corrected chi connectivity index (χ0v) is 22.7. The number of halogens is 1. The number of rotatable bonds is 12. The SMILES string of the molecule is Cc1cc(Cl)cc(CN2C=NCC2CC(NC(CC(C)C)C(=O)O)C(=O)OCOC(=O)C(C)(C)C)c1. The van der Waals surface area contributed by atoms with Gasteiger partial charge in [0.15, 0.2) is 0 Å². The van der Waals surface area contributed by atoms with Gasteiger partial charge in [0.05, 0.1) is 24.3 Å². The van der Waals surface area contributed by atoms with Crippen LogP contribution in [0.15, 0.2) is 23.2 Å². The summed E-state index contributed by atoms with van der Waals surface area (Å²) in [5.74, 6) is -2.14. The maximum atomic E-state index is 13.0. The Morgan fingerprint density at radius 1 is 1.19 bits per heavy atom. The van der Waals surface area contributed by atoms with Gasteiger partial charge in [-0.1, -0.05) is 31.5 Å². The molecular formula is C26H38ClN3O6. The first-order valence-corrected chi connectivity index (χ1v) is 12.5. The molecule has 1 aliphatic rings. The standard InChI is InChI=1S/C26H38ClN3O6/c1-16(2)7-21(23(31)32)29-22(24(33)35-15-36-25(34)26(4,5)6)11-20-12-28-14-30(20)13-18-8-17(3)9-19(27)10-18/h8-10,14,16,20-22,29H,7,11-13,15H2,1-6H3,(H,31,32). The van der Waals surface area contributed by atoms with Crippen molar-refractivity contribution in [1.29, 1.82) is 0 Å². The molecule has 1 heterocycles. The van der Waals surface area contributed by atoms with Crippen LogP contribution in [-0.2, 0) is 30.4 Å². The highest BCUT2D eigenvalue weighted by molar-refractivity contribution is 6.30. The number of hydrogen-bond acceptors (Lipinski definition) is 8. The first-order chi connectivity index (χ1) is 16.8. The van der Waals surface area contributed by atoms with E-state index in [1.165, 1.54) is 0 Å². The molecule has 36 heavy (non-hydrogen) atoms. The second kappa shape index (κ2) is 13.1. The van der Waals surface area contributed by atoms with Gasteiger partial charge in [-0.05, 0) is 69.7 Å². The molecule has 0 aliphatic carbocycles. The highest BCUT2D eigenvalue weighted by Crippen LogP contribution is 2.21. The van der Waals surface area contributed by atoms with Gasteiger partial charge >= 0.3 is 17.9 Å². The number of benzene rings is 1. The summed E-state index contributed by atoms with van der Waals surface area (Å²) in [6.07, 6.45) is 2.33. The zero-order chi connectivity index (χ0) is 27.0. The van der Waals surface area contributed by atoms with Crippen molar-refractivity contribution in [2.45, 2.75) is 79.1 Å². The molecule has 2 N–H and O–H groups in total. The van der Waals surface area contributed by atoms with Crippen molar-refractivity contribution in [2.75, 3.05) is 13.3 Å². The van der Waals surface area contributed by atoms with Crippen LogP contribution >= 0.6 is 11.6 Å². The minimum absolute atomic E-state index is 0.0976. The van der Waals surface area contributed by atoms with Crippen molar-refractivity contribution >= 4 is 35.8 Å². The minimum atomic E-state index is -1.05. The summed E-state index contributed by atoms with van der Waals surface area (Å²) in [4.78, 5) is 43.3. The molecule has 10 heteroatoms. The maximum absolute atomic E-state index is 13.0. The summed E-state index contributed by atoms with van der Waals surface area (Å²) in [6.45, 7) is 11.3. The Labute approximate surface area is 218 Å². The molecule has 3 atom stereocenters. The number of esters is 2. The third-order valence-electron chi connectivity index (χ3n) is 5.69. The second-order valence-corrected chi connectivity index (χ2v) is 11.1. The van der Waals surface area contributed by atoms with E-state index >= 15 is 0 Å². The van der Waals surface area contributed by atoms with E-state index in [2.05, 4.69) is 10.3 Å². The van der Waals surface area contributed by atoms with E-state index in [0.29, 0.717) is 24.5 Å². The second-order valence-electron chi connectivity index (χ2n) is 10.7. The number of carbonyl (C=O) groups excluding carboxylic acids is 2. The molecule has 1 aromatic carbocycles. The van der Waals surface area contributed by atoms with Crippen molar-refractivity contribution in [3.8, 4) is 0 Å². The van der Waals surface area contributed by atoms with Gasteiger partial charge in [-0.15, -0.1) is 0 Å². The molecule has 9 nitrogen and oxygen atoms in total. The number of aliphatic carboxylic acids is 1. The number of aliphatic imine (C=N–C) groups is 1. The third-order valence-corrected chi connectivity index (χ3v) is 5.90. The molecule has 0 saturated carbocycles. The first-order valence-electron chi connectivity index (χ1n) is 12.1. The lowest BCUT2D eigenvalue weighted by molar-refractivity contribution is -0.174. The third kappa shape index (κ3) is 9.43. The smallest absolute Gasteiger partial charge is 0.326 e. The highest BCUT2D eigenvalue weighted by Gasteiger charge is 2.33. The van der Waals surface area contributed by atoms with Crippen LogP contribution in [0, 0.1) is 18.3 Å². The maximum Gasteiger partial charge on any atom is 0.326 e. The Kier molecular flexibility index (Phi) is 10.7. The number of hydrogen-bond donors (Lipinski definition) is 2. The lowest BCUT2D eigenvalue weighted by atomic mass is 9.98. The summed E-state index contributed by atoms with van der Waals surface area (Å²) < 4.78 is 10.3. The number of carboxylic acid groups (broad SMARTS) is 1. The molecule has 0 bridgehead atoms. The molecule has 0 saturated heterocycles. The monoisotopic (exact) mass is 523 g/mol. The Morgan fingerprint density at radius 2 is 1.89 bits per heavy atom. The molecule has 200 valence electrons. The lowest BCUT2D eigenvalue weighted by Gasteiger charge is -2.29. The molecule has 0 amide bonds. The average molecular weight is 524 g/mol. The molecule has 1 aliphatic heterocycles. The van der Waals surface area contributed by atoms with Gasteiger partial charge in [0.1, 0.15) is 12.1 Å². The fourth-order valence-electron chi connectivity index (χ4n) is 3.88. The van der Waals surface area contributed by atoms with Crippen LogP contribution in [-0.4, -0.2) is 65.7 Å². The minimum Gasteiger partial charge on any atom is -0.480 e. The molecule has 0 spiro atoms. The number of ether oxygens (including phenoxy) is 2. The van der Waals surface area contributed by atoms with Gasteiger partial charge in [-0.25, -0.2) is 0 Å². The van der Waals surface area contributed by atoms with Crippen LogP contribution in [0.3, 0.4) is 0 Å².